The number of hydrogen-bond acceptors (Lipinski definition) is 3. The first kappa shape index (κ1) is 13.5. The number of carbonyl (C=O) groups excluding carboxylic acids is 1. The number of hydrogen-bond donors (Lipinski definition) is 2. The number of aliphatic carboxylic acids is 1. The van der Waals surface area contributed by atoms with Crippen LogP contribution in [0.25, 0.3) is 0 Å². The molecule has 2 rings (SSSR count). The van der Waals surface area contributed by atoms with Crippen LogP contribution in [0.15, 0.2) is 30.3 Å². The number of amides is 1. The molecule has 1 aromatic carbocycles. The van der Waals surface area contributed by atoms with Gasteiger partial charge in [-0.1, -0.05) is 30.3 Å². The van der Waals surface area contributed by atoms with Crippen LogP contribution in [0.3, 0.4) is 0 Å². The Kier molecular flexibility index (Phi) is 4.52. The van der Waals surface area contributed by atoms with Gasteiger partial charge in [-0.3, -0.25) is 4.79 Å². The lowest BCUT2D eigenvalue weighted by Gasteiger charge is -2.16. The Hall–Kier alpha value is -1.88. The number of benzene rings is 1. The summed E-state index contributed by atoms with van der Waals surface area (Å²) in [6.45, 7) is 0.942. The highest BCUT2D eigenvalue weighted by Crippen LogP contribution is 2.13. The van der Waals surface area contributed by atoms with Crippen molar-refractivity contribution in [1.82, 2.24) is 5.32 Å². The molecule has 1 aliphatic rings. The molecule has 1 amide bonds. The van der Waals surface area contributed by atoms with E-state index >= 15 is 0 Å². The molecule has 2 N–H and O–H groups in total. The van der Waals surface area contributed by atoms with Crippen LogP contribution in [0.1, 0.15) is 12.0 Å². The summed E-state index contributed by atoms with van der Waals surface area (Å²) >= 11 is 0. The summed E-state index contributed by atoms with van der Waals surface area (Å²) in [4.78, 5) is 23.1. The van der Waals surface area contributed by atoms with Gasteiger partial charge in [0, 0.05) is 13.0 Å². The van der Waals surface area contributed by atoms with E-state index in [4.69, 9.17) is 4.74 Å². The first-order chi connectivity index (χ1) is 9.16. The molecule has 1 saturated heterocycles. The molecule has 102 valence electrons. The molecule has 1 aromatic rings. The van der Waals surface area contributed by atoms with Gasteiger partial charge >= 0.3 is 5.97 Å². The number of carbonyl (C=O) groups is 2. The highest BCUT2D eigenvalue weighted by Gasteiger charge is 2.28. The molecule has 1 fully saturated rings. The largest absolute Gasteiger partial charge is 0.480 e. The zero-order chi connectivity index (χ0) is 13.7. The summed E-state index contributed by atoms with van der Waals surface area (Å²) in [5.74, 6) is -1.48. The maximum absolute atomic E-state index is 11.9. The standard InChI is InChI=1S/C14H17NO4/c16-13(11-6-7-19-9-11)15-12(14(17)18)8-10-4-2-1-3-5-10/h1-5,11-12H,6-9H2,(H,15,16)(H,17,18)/t11-,12-/m1/s1. The Balaban J connectivity index is 1.96. The molecule has 1 aliphatic heterocycles. The van der Waals surface area contributed by atoms with Crippen molar-refractivity contribution >= 4 is 11.9 Å². The van der Waals surface area contributed by atoms with Gasteiger partial charge in [0.05, 0.1) is 12.5 Å². The fraction of sp³-hybridized carbons (Fsp3) is 0.429. The lowest BCUT2D eigenvalue weighted by Crippen LogP contribution is -2.45. The predicted octanol–water partition coefficient (Wildman–Crippen LogP) is 0.835. The minimum Gasteiger partial charge on any atom is -0.480 e. The lowest BCUT2D eigenvalue weighted by atomic mass is 10.0. The third kappa shape index (κ3) is 3.79. The van der Waals surface area contributed by atoms with E-state index in [0.717, 1.165) is 5.56 Å². The molecule has 0 aromatic heterocycles. The molecule has 0 spiro atoms. The van der Waals surface area contributed by atoms with Gasteiger partial charge in [0.2, 0.25) is 5.91 Å². The minimum atomic E-state index is -1.02. The molecule has 5 nitrogen and oxygen atoms in total. The van der Waals surface area contributed by atoms with Crippen LogP contribution in [0.2, 0.25) is 0 Å². The molecule has 5 heteroatoms. The quantitative estimate of drug-likeness (QED) is 0.825. The van der Waals surface area contributed by atoms with Crippen molar-refractivity contribution in [3.05, 3.63) is 35.9 Å². The van der Waals surface area contributed by atoms with Crippen LogP contribution in [0, 0.1) is 5.92 Å². The Morgan fingerprint density at radius 2 is 2.11 bits per heavy atom. The van der Waals surface area contributed by atoms with E-state index in [-0.39, 0.29) is 18.2 Å². The number of nitrogens with one attached hydrogen (secondary N) is 1. The van der Waals surface area contributed by atoms with E-state index in [9.17, 15) is 14.7 Å². The number of carboxylic acid groups (broad SMARTS) is 1. The molecule has 19 heavy (non-hydrogen) atoms. The van der Waals surface area contributed by atoms with Crippen LogP contribution >= 0.6 is 0 Å². The summed E-state index contributed by atoms with van der Waals surface area (Å²) in [5, 5.41) is 11.8. The number of ether oxygens (including phenoxy) is 1. The van der Waals surface area contributed by atoms with E-state index in [1.165, 1.54) is 0 Å². The molecule has 2 atom stereocenters. The zero-order valence-electron chi connectivity index (χ0n) is 10.5. The fourth-order valence-electron chi connectivity index (χ4n) is 2.08. The van der Waals surface area contributed by atoms with Crippen LogP contribution in [-0.2, 0) is 20.7 Å². The Labute approximate surface area is 111 Å². The number of carboxylic acids is 1. The highest BCUT2D eigenvalue weighted by atomic mass is 16.5. The van der Waals surface area contributed by atoms with E-state index < -0.39 is 12.0 Å². The van der Waals surface area contributed by atoms with Gasteiger partial charge in [0.25, 0.3) is 0 Å². The number of rotatable bonds is 5. The summed E-state index contributed by atoms with van der Waals surface area (Å²) in [7, 11) is 0. The summed E-state index contributed by atoms with van der Waals surface area (Å²) in [6.07, 6.45) is 0.943. The van der Waals surface area contributed by atoms with Gasteiger partial charge in [-0.2, -0.15) is 0 Å². The van der Waals surface area contributed by atoms with Gasteiger partial charge in [-0.05, 0) is 12.0 Å². The van der Waals surface area contributed by atoms with Crippen LogP contribution in [0.5, 0.6) is 0 Å². The normalized spacial score (nSPS) is 19.9. The maximum atomic E-state index is 11.9. The molecule has 0 unspecified atom stereocenters. The van der Waals surface area contributed by atoms with Crippen molar-refractivity contribution in [3.8, 4) is 0 Å². The van der Waals surface area contributed by atoms with Gasteiger partial charge in [0.15, 0.2) is 0 Å². The van der Waals surface area contributed by atoms with Gasteiger partial charge in [-0.25, -0.2) is 4.79 Å². The lowest BCUT2D eigenvalue weighted by molar-refractivity contribution is -0.142. The second kappa shape index (κ2) is 6.33. The first-order valence-corrected chi connectivity index (χ1v) is 6.31. The second-order valence-electron chi connectivity index (χ2n) is 4.65. The van der Waals surface area contributed by atoms with Crippen molar-refractivity contribution in [1.29, 1.82) is 0 Å². The van der Waals surface area contributed by atoms with E-state index in [0.29, 0.717) is 19.6 Å². The molecule has 0 saturated carbocycles. The zero-order valence-corrected chi connectivity index (χ0v) is 10.5. The molecule has 0 aliphatic carbocycles. The van der Waals surface area contributed by atoms with Crippen molar-refractivity contribution in [3.63, 3.8) is 0 Å². The minimum absolute atomic E-state index is 0.224. The molecule has 0 radical (unpaired) electrons. The van der Waals surface area contributed by atoms with Crippen molar-refractivity contribution in [2.45, 2.75) is 18.9 Å². The monoisotopic (exact) mass is 263 g/mol. The highest BCUT2D eigenvalue weighted by molar-refractivity contribution is 5.85. The Bertz CT molecular complexity index is 440. The summed E-state index contributed by atoms with van der Waals surface area (Å²) < 4.78 is 5.13. The Morgan fingerprint density at radius 3 is 2.68 bits per heavy atom. The predicted molar refractivity (Wildman–Crippen MR) is 68.6 cm³/mol. The average Bonchev–Trinajstić information content (AvgIpc) is 2.93. The maximum Gasteiger partial charge on any atom is 0.326 e. The third-order valence-corrected chi connectivity index (χ3v) is 3.20. The second-order valence-corrected chi connectivity index (χ2v) is 4.65. The molecular formula is C14H17NO4. The SMILES string of the molecule is O=C(N[C@H](Cc1ccccc1)C(=O)O)[C@@H]1CCOC1. The van der Waals surface area contributed by atoms with E-state index in [2.05, 4.69) is 5.32 Å². The van der Waals surface area contributed by atoms with Gasteiger partial charge in [0.1, 0.15) is 6.04 Å². The van der Waals surface area contributed by atoms with Gasteiger partial charge < -0.3 is 15.2 Å². The van der Waals surface area contributed by atoms with Crippen LogP contribution < -0.4 is 5.32 Å². The topological polar surface area (TPSA) is 75.6 Å². The average molecular weight is 263 g/mol. The Morgan fingerprint density at radius 1 is 1.37 bits per heavy atom. The fourth-order valence-corrected chi connectivity index (χ4v) is 2.08. The molecule has 0 bridgehead atoms. The molecular weight excluding hydrogens is 246 g/mol. The van der Waals surface area contributed by atoms with Gasteiger partial charge in [-0.15, -0.1) is 0 Å². The van der Waals surface area contributed by atoms with Crippen molar-refractivity contribution in [2.24, 2.45) is 5.92 Å². The van der Waals surface area contributed by atoms with E-state index in [1.54, 1.807) is 0 Å². The first-order valence-electron chi connectivity index (χ1n) is 6.31. The molecule has 1 heterocycles. The van der Waals surface area contributed by atoms with E-state index in [1.807, 2.05) is 30.3 Å². The van der Waals surface area contributed by atoms with Crippen LogP contribution in [-0.4, -0.2) is 36.2 Å². The van der Waals surface area contributed by atoms with Crippen molar-refractivity contribution in [2.75, 3.05) is 13.2 Å². The third-order valence-electron chi connectivity index (χ3n) is 3.20. The van der Waals surface area contributed by atoms with Crippen molar-refractivity contribution < 1.29 is 19.4 Å². The smallest absolute Gasteiger partial charge is 0.326 e. The van der Waals surface area contributed by atoms with Crippen LogP contribution in [0.4, 0.5) is 0 Å². The summed E-state index contributed by atoms with van der Waals surface area (Å²) in [5.41, 5.74) is 0.887. The summed E-state index contributed by atoms with van der Waals surface area (Å²) in [6, 6.07) is 8.37.